The molecule has 1 aliphatic rings. The molecule has 0 saturated carbocycles. The molecule has 0 bridgehead atoms. The summed E-state index contributed by atoms with van der Waals surface area (Å²) >= 11 is 5.35. The van der Waals surface area contributed by atoms with Crippen LogP contribution in [-0.2, 0) is 0 Å². The van der Waals surface area contributed by atoms with Crippen LogP contribution in [0, 0.1) is 10.6 Å². The van der Waals surface area contributed by atoms with E-state index in [9.17, 15) is 4.39 Å². The van der Waals surface area contributed by atoms with Gasteiger partial charge < -0.3 is 4.90 Å². The van der Waals surface area contributed by atoms with Gasteiger partial charge in [0.2, 0.25) is 0 Å². The molecule has 1 aromatic carbocycles. The summed E-state index contributed by atoms with van der Waals surface area (Å²) < 4.78 is 15.6. The van der Waals surface area contributed by atoms with Crippen LogP contribution in [0.4, 0.5) is 4.39 Å². The van der Waals surface area contributed by atoms with E-state index in [0.717, 1.165) is 11.5 Å². The molecule has 1 aromatic heterocycles. The third-order valence-corrected chi connectivity index (χ3v) is 4.55. The van der Waals surface area contributed by atoms with Crippen molar-refractivity contribution >= 4 is 12.2 Å². The summed E-state index contributed by atoms with van der Waals surface area (Å²) in [5.74, 6) is 0.675. The molecular weight excluding hydrogens is 287 g/mol. The molecule has 0 unspecified atom stereocenters. The minimum absolute atomic E-state index is 0.245. The van der Waals surface area contributed by atoms with Gasteiger partial charge in [-0.2, -0.15) is 5.10 Å². The van der Waals surface area contributed by atoms with Crippen LogP contribution in [0.3, 0.4) is 0 Å². The van der Waals surface area contributed by atoms with Crippen LogP contribution in [0.25, 0.3) is 5.69 Å². The maximum Gasteiger partial charge on any atom is 0.200 e. The molecule has 1 aliphatic heterocycles. The normalized spacial score (nSPS) is 17.8. The quantitative estimate of drug-likeness (QED) is 0.853. The number of hydrogen-bond acceptors (Lipinski definition) is 2. The fourth-order valence-electron chi connectivity index (χ4n) is 3.06. The average molecular weight is 307 g/mol. The molecule has 1 fully saturated rings. The Bertz CT molecular complexity index is 655. The van der Waals surface area contributed by atoms with Crippen LogP contribution < -0.4 is 4.90 Å². The lowest BCUT2D eigenvalue weighted by Gasteiger charge is -2.28. The zero-order valence-electron chi connectivity index (χ0n) is 12.1. The number of H-pyrrole nitrogens is 1. The summed E-state index contributed by atoms with van der Waals surface area (Å²) in [6.45, 7) is 4.53. The van der Waals surface area contributed by atoms with E-state index in [0.29, 0.717) is 4.77 Å². The van der Waals surface area contributed by atoms with Gasteiger partial charge in [-0.05, 0) is 62.7 Å². The van der Waals surface area contributed by atoms with Crippen molar-refractivity contribution in [3.05, 3.63) is 40.7 Å². The first-order valence-corrected chi connectivity index (χ1v) is 7.85. The molecule has 1 atom stereocenters. The van der Waals surface area contributed by atoms with Gasteiger partial charge in [-0.25, -0.2) is 4.39 Å². The van der Waals surface area contributed by atoms with E-state index in [-0.39, 0.29) is 11.9 Å². The molecule has 2 aromatic rings. The molecule has 2 N–H and O–H groups in total. The van der Waals surface area contributed by atoms with E-state index < -0.39 is 0 Å². The predicted octanol–water partition coefficient (Wildman–Crippen LogP) is 2.20. The van der Waals surface area contributed by atoms with Crippen molar-refractivity contribution in [2.45, 2.75) is 32.2 Å². The molecule has 0 amide bonds. The van der Waals surface area contributed by atoms with Gasteiger partial charge in [0.05, 0.1) is 18.8 Å². The third kappa shape index (κ3) is 2.91. The van der Waals surface area contributed by atoms with Gasteiger partial charge in [-0.15, -0.1) is 0 Å². The summed E-state index contributed by atoms with van der Waals surface area (Å²) in [5, 5.41) is 7.30. The largest absolute Gasteiger partial charge is 0.326 e. The highest BCUT2D eigenvalue weighted by Crippen LogP contribution is 2.16. The first-order chi connectivity index (χ1) is 10.2. The summed E-state index contributed by atoms with van der Waals surface area (Å²) in [6.07, 6.45) is 3.85. The van der Waals surface area contributed by atoms with E-state index >= 15 is 0 Å². The lowest BCUT2D eigenvalue weighted by Crippen LogP contribution is -3.12. The molecule has 2 heterocycles. The van der Waals surface area contributed by atoms with Crippen molar-refractivity contribution in [1.29, 1.82) is 0 Å². The van der Waals surface area contributed by atoms with Crippen LogP contribution in [0.15, 0.2) is 24.3 Å². The zero-order chi connectivity index (χ0) is 14.8. The smallest absolute Gasteiger partial charge is 0.200 e. The summed E-state index contributed by atoms with van der Waals surface area (Å²) in [5.41, 5.74) is 0.855. The molecule has 0 spiro atoms. The van der Waals surface area contributed by atoms with E-state index in [2.05, 4.69) is 17.1 Å². The van der Waals surface area contributed by atoms with Crippen molar-refractivity contribution in [3.63, 3.8) is 0 Å². The number of likely N-dealkylation sites (tertiary alicyclic amines) is 1. The Kier molecular flexibility index (Phi) is 4.17. The molecule has 0 aliphatic carbocycles. The monoisotopic (exact) mass is 307 g/mol. The first-order valence-electron chi connectivity index (χ1n) is 7.44. The third-order valence-electron chi connectivity index (χ3n) is 4.28. The Morgan fingerprint density at radius 2 is 1.90 bits per heavy atom. The van der Waals surface area contributed by atoms with Gasteiger partial charge >= 0.3 is 0 Å². The second-order valence-electron chi connectivity index (χ2n) is 5.64. The predicted molar refractivity (Wildman–Crippen MR) is 81.7 cm³/mol. The molecule has 21 heavy (non-hydrogen) atoms. The average Bonchev–Trinajstić information content (AvgIpc) is 2.90. The van der Waals surface area contributed by atoms with Gasteiger partial charge in [-0.3, -0.25) is 9.67 Å². The molecule has 6 heteroatoms. The zero-order valence-corrected chi connectivity index (χ0v) is 12.9. The van der Waals surface area contributed by atoms with Crippen molar-refractivity contribution in [2.24, 2.45) is 0 Å². The Hall–Kier alpha value is -1.53. The molecule has 1 saturated heterocycles. The standard InChI is InChI=1S/C15H19FN4S/c1-11(19-9-3-2-4-10-19)14-17-18-15(21)20(14)13-7-5-12(16)6-8-13/h5-8,11H,2-4,9-10H2,1H3,(H,18,21)/p+1/t11-/m0/s1. The second kappa shape index (κ2) is 6.07. The molecular formula is C15H20FN4S+. The van der Waals surface area contributed by atoms with Crippen molar-refractivity contribution in [3.8, 4) is 5.69 Å². The Balaban J connectivity index is 1.96. The number of hydrogen-bond donors (Lipinski definition) is 2. The number of nitrogens with one attached hydrogen (secondary N) is 2. The molecule has 112 valence electrons. The topological polar surface area (TPSA) is 38.0 Å². The number of benzene rings is 1. The maximum absolute atomic E-state index is 13.1. The van der Waals surface area contributed by atoms with Gasteiger partial charge in [0, 0.05) is 0 Å². The Morgan fingerprint density at radius 1 is 1.24 bits per heavy atom. The Morgan fingerprint density at radius 3 is 2.57 bits per heavy atom. The van der Waals surface area contributed by atoms with Crippen LogP contribution in [0.2, 0.25) is 0 Å². The Labute approximate surface area is 128 Å². The lowest BCUT2D eigenvalue weighted by molar-refractivity contribution is -0.935. The lowest BCUT2D eigenvalue weighted by atomic mass is 10.1. The highest BCUT2D eigenvalue weighted by Gasteiger charge is 2.26. The molecule has 0 radical (unpaired) electrons. The minimum Gasteiger partial charge on any atom is -0.326 e. The van der Waals surface area contributed by atoms with Crippen LogP contribution in [0.1, 0.15) is 38.1 Å². The summed E-state index contributed by atoms with van der Waals surface area (Å²) in [4.78, 5) is 1.54. The number of piperidine rings is 1. The van der Waals surface area contributed by atoms with Gasteiger partial charge in [-0.1, -0.05) is 0 Å². The number of aromatic amines is 1. The number of rotatable bonds is 3. The summed E-state index contributed by atoms with van der Waals surface area (Å²) in [7, 11) is 0. The van der Waals surface area contributed by atoms with Crippen LogP contribution >= 0.6 is 12.2 Å². The van der Waals surface area contributed by atoms with E-state index in [1.54, 1.807) is 17.0 Å². The highest BCUT2D eigenvalue weighted by atomic mass is 32.1. The number of halogens is 1. The van der Waals surface area contributed by atoms with E-state index in [4.69, 9.17) is 12.2 Å². The van der Waals surface area contributed by atoms with E-state index in [1.165, 1.54) is 44.5 Å². The highest BCUT2D eigenvalue weighted by molar-refractivity contribution is 7.71. The first kappa shape index (κ1) is 14.4. The van der Waals surface area contributed by atoms with Crippen LogP contribution in [0.5, 0.6) is 0 Å². The minimum atomic E-state index is -0.245. The molecule has 3 rings (SSSR count). The fraction of sp³-hybridized carbons (Fsp3) is 0.467. The second-order valence-corrected chi connectivity index (χ2v) is 6.03. The summed E-state index contributed by atoms with van der Waals surface area (Å²) in [6, 6.07) is 6.65. The van der Waals surface area contributed by atoms with Gasteiger partial charge in [0.1, 0.15) is 11.9 Å². The van der Waals surface area contributed by atoms with Crippen LogP contribution in [-0.4, -0.2) is 27.9 Å². The van der Waals surface area contributed by atoms with E-state index in [1.807, 2.05) is 4.57 Å². The van der Waals surface area contributed by atoms with Crippen molar-refractivity contribution in [1.82, 2.24) is 14.8 Å². The van der Waals surface area contributed by atoms with Gasteiger partial charge in [0.25, 0.3) is 0 Å². The maximum atomic E-state index is 13.1. The van der Waals surface area contributed by atoms with Crippen molar-refractivity contribution < 1.29 is 9.29 Å². The SMILES string of the molecule is C[C@@H](c1n[nH]c(=S)n1-c1ccc(F)cc1)[NH+]1CCCCC1. The number of aromatic nitrogens is 3. The number of quaternary nitrogens is 1. The fourth-order valence-corrected chi connectivity index (χ4v) is 3.31. The number of nitrogens with zero attached hydrogens (tertiary/aromatic N) is 2. The van der Waals surface area contributed by atoms with Gasteiger partial charge in [0.15, 0.2) is 10.6 Å². The molecule has 4 nitrogen and oxygen atoms in total. The van der Waals surface area contributed by atoms with Crippen molar-refractivity contribution in [2.75, 3.05) is 13.1 Å².